The van der Waals surface area contributed by atoms with E-state index in [0.29, 0.717) is 25.7 Å². The summed E-state index contributed by atoms with van der Waals surface area (Å²) in [5, 5.41) is 0. The number of hydrogen-bond acceptors (Lipinski definition) is 16. The Labute approximate surface area is 365 Å². The van der Waals surface area contributed by atoms with E-state index >= 15 is 0 Å². The summed E-state index contributed by atoms with van der Waals surface area (Å²) in [5.41, 5.74) is -1.03. The summed E-state index contributed by atoms with van der Waals surface area (Å²) in [6.07, 6.45) is 6.26. The van der Waals surface area contributed by atoms with Crippen LogP contribution in [0.5, 0.6) is 23.0 Å². The van der Waals surface area contributed by atoms with Crippen molar-refractivity contribution in [3.05, 3.63) is 47.5 Å². The van der Waals surface area contributed by atoms with Gasteiger partial charge in [-0.25, -0.2) is 38.5 Å². The number of para-hydroxylation sites is 2. The SMILES string of the molecule is CCCCCC(C)OC(=O)Oc1cccc(C(=O)OOC(=O)c2cccc(OC(=O)OC(C)CCCCC)c2OC(=O)OC(C)CCCCC)c1OC(=O)OC(C)CCCCC. The minimum atomic E-state index is -1.38. The summed E-state index contributed by atoms with van der Waals surface area (Å²) >= 11 is 0. The van der Waals surface area contributed by atoms with Crippen LogP contribution < -0.4 is 18.9 Å². The van der Waals surface area contributed by atoms with Gasteiger partial charge in [0.2, 0.25) is 0 Å². The largest absolute Gasteiger partial charge is 0.514 e. The van der Waals surface area contributed by atoms with Gasteiger partial charge in [0.15, 0.2) is 23.0 Å². The molecule has 0 amide bonds. The Morgan fingerprint density at radius 3 is 0.952 bits per heavy atom. The fraction of sp³-hybridized carbons (Fsp3) is 0.609. The first kappa shape index (κ1) is 52.6. The molecule has 16 heteroatoms. The van der Waals surface area contributed by atoms with Crippen LogP contribution in [-0.2, 0) is 28.7 Å². The van der Waals surface area contributed by atoms with Gasteiger partial charge in [-0.1, -0.05) is 91.2 Å². The summed E-state index contributed by atoms with van der Waals surface area (Å²) in [6, 6.07) is 7.39. The molecule has 346 valence electrons. The van der Waals surface area contributed by atoms with Crippen molar-refractivity contribution in [2.75, 3.05) is 0 Å². The van der Waals surface area contributed by atoms with Gasteiger partial charge in [-0.3, -0.25) is 0 Å². The molecule has 0 aromatic heterocycles. The Morgan fingerprint density at radius 1 is 0.403 bits per heavy atom. The van der Waals surface area contributed by atoms with Crippen molar-refractivity contribution >= 4 is 36.6 Å². The molecule has 0 radical (unpaired) electrons. The third-order valence-corrected chi connectivity index (χ3v) is 9.39. The molecule has 0 N–H and O–H groups in total. The fourth-order valence-electron chi connectivity index (χ4n) is 5.95. The lowest BCUT2D eigenvalue weighted by Crippen LogP contribution is -2.23. The lowest BCUT2D eigenvalue weighted by molar-refractivity contribution is -0.187. The zero-order chi connectivity index (χ0) is 45.9. The molecule has 2 rings (SSSR count). The average Bonchev–Trinajstić information content (AvgIpc) is 3.21. The topological polar surface area (TPSA) is 195 Å². The minimum absolute atomic E-state index is 0.401. The summed E-state index contributed by atoms with van der Waals surface area (Å²) < 4.78 is 43.1. The zero-order valence-corrected chi connectivity index (χ0v) is 37.6. The predicted octanol–water partition coefficient (Wildman–Crippen LogP) is 12.6. The Bertz CT molecular complexity index is 1580. The molecule has 4 atom stereocenters. The first-order valence-corrected chi connectivity index (χ1v) is 22.0. The molecular formula is C46H66O16. The molecule has 0 fully saturated rings. The normalized spacial score (nSPS) is 12.7. The second-order valence-corrected chi connectivity index (χ2v) is 15.1. The molecule has 0 bridgehead atoms. The molecule has 62 heavy (non-hydrogen) atoms. The van der Waals surface area contributed by atoms with Gasteiger partial charge >= 0.3 is 36.6 Å². The van der Waals surface area contributed by atoms with E-state index in [1.54, 1.807) is 27.7 Å². The molecule has 0 aliphatic heterocycles. The highest BCUT2D eigenvalue weighted by Crippen LogP contribution is 2.35. The van der Waals surface area contributed by atoms with Crippen molar-refractivity contribution in [3.8, 4) is 23.0 Å². The summed E-state index contributed by atoms with van der Waals surface area (Å²) in [4.78, 5) is 88.5. The molecular weight excluding hydrogens is 808 g/mol. The standard InChI is InChI=1S/C46H66O16/c1-9-13-17-23-31(5)53-43(49)57-37-29-21-27-35(39(37)59-45(51)55-33(7)25-19-15-11-3)41(47)61-62-42(48)36-28-22-30-38(58-44(50)54-32(6)24-18-14-10-2)40(36)60-46(52)56-34(8)26-20-16-12-4/h21-22,27-34H,9-20,23-26H2,1-8H3. The van der Waals surface area contributed by atoms with Crippen LogP contribution >= 0.6 is 0 Å². The zero-order valence-electron chi connectivity index (χ0n) is 37.6. The molecule has 0 aliphatic rings. The van der Waals surface area contributed by atoms with Crippen molar-refractivity contribution in [2.24, 2.45) is 0 Å². The second kappa shape index (κ2) is 29.7. The van der Waals surface area contributed by atoms with Crippen LogP contribution in [-0.4, -0.2) is 61.0 Å². The maximum absolute atomic E-state index is 13.5. The van der Waals surface area contributed by atoms with Gasteiger partial charge in [0.05, 0.1) is 0 Å². The molecule has 2 aromatic carbocycles. The highest BCUT2D eigenvalue weighted by atomic mass is 17.2. The van der Waals surface area contributed by atoms with Crippen LogP contribution in [0.3, 0.4) is 0 Å². The third kappa shape index (κ3) is 20.3. The first-order chi connectivity index (χ1) is 29.7. The quantitative estimate of drug-likeness (QED) is 0.0216. The minimum Gasteiger partial charge on any atom is -0.431 e. The smallest absolute Gasteiger partial charge is 0.431 e. The van der Waals surface area contributed by atoms with Crippen molar-refractivity contribution in [1.82, 2.24) is 0 Å². The fourth-order valence-corrected chi connectivity index (χ4v) is 5.95. The molecule has 0 heterocycles. The van der Waals surface area contributed by atoms with Gasteiger partial charge < -0.3 is 37.9 Å². The van der Waals surface area contributed by atoms with Crippen LogP contribution in [0.25, 0.3) is 0 Å². The number of hydrogen-bond donors (Lipinski definition) is 0. The first-order valence-electron chi connectivity index (χ1n) is 22.0. The van der Waals surface area contributed by atoms with E-state index in [-0.39, 0.29) is 0 Å². The summed E-state index contributed by atoms with van der Waals surface area (Å²) in [5.74, 6) is -4.73. The molecule has 0 saturated carbocycles. The monoisotopic (exact) mass is 874 g/mol. The number of carbonyl (C=O) groups excluding carboxylic acids is 6. The van der Waals surface area contributed by atoms with Crippen LogP contribution in [0.2, 0.25) is 0 Å². The van der Waals surface area contributed by atoms with Gasteiger partial charge in [0, 0.05) is 0 Å². The van der Waals surface area contributed by atoms with E-state index in [2.05, 4.69) is 0 Å². The number of benzene rings is 2. The van der Waals surface area contributed by atoms with Crippen LogP contribution in [0.1, 0.15) is 179 Å². The van der Waals surface area contributed by atoms with Gasteiger partial charge in [-0.15, -0.1) is 0 Å². The summed E-state index contributed by atoms with van der Waals surface area (Å²) in [7, 11) is 0. The van der Waals surface area contributed by atoms with Crippen molar-refractivity contribution < 1.29 is 76.4 Å². The summed E-state index contributed by atoms with van der Waals surface area (Å²) in [6.45, 7) is 14.9. The number of rotatable bonds is 26. The molecule has 0 aliphatic carbocycles. The van der Waals surface area contributed by atoms with E-state index in [0.717, 1.165) is 89.2 Å². The van der Waals surface area contributed by atoms with Crippen molar-refractivity contribution in [1.29, 1.82) is 0 Å². The molecule has 16 nitrogen and oxygen atoms in total. The Balaban J connectivity index is 2.40. The van der Waals surface area contributed by atoms with Gasteiger partial charge in [0.25, 0.3) is 0 Å². The maximum Gasteiger partial charge on any atom is 0.514 e. The Hall–Kier alpha value is -5.54. The number of unbranched alkanes of at least 4 members (excludes halogenated alkanes) is 8. The highest BCUT2D eigenvalue weighted by molar-refractivity contribution is 5.97. The molecule has 0 saturated heterocycles. The van der Waals surface area contributed by atoms with E-state index < -0.39 is 95.1 Å². The van der Waals surface area contributed by atoms with Crippen LogP contribution in [0.4, 0.5) is 19.2 Å². The van der Waals surface area contributed by atoms with E-state index in [1.807, 2.05) is 27.7 Å². The lowest BCUT2D eigenvalue weighted by atomic mass is 10.1. The second-order valence-electron chi connectivity index (χ2n) is 15.1. The predicted molar refractivity (Wildman–Crippen MR) is 227 cm³/mol. The van der Waals surface area contributed by atoms with Crippen LogP contribution in [0.15, 0.2) is 36.4 Å². The highest BCUT2D eigenvalue weighted by Gasteiger charge is 2.30. The molecule has 4 unspecified atom stereocenters. The van der Waals surface area contributed by atoms with E-state index in [1.165, 1.54) is 24.3 Å². The van der Waals surface area contributed by atoms with Crippen molar-refractivity contribution in [3.63, 3.8) is 0 Å². The Morgan fingerprint density at radius 2 is 0.677 bits per heavy atom. The van der Waals surface area contributed by atoms with Crippen LogP contribution in [0, 0.1) is 0 Å². The van der Waals surface area contributed by atoms with E-state index in [4.69, 9.17) is 47.7 Å². The van der Waals surface area contributed by atoms with Gasteiger partial charge in [0.1, 0.15) is 35.5 Å². The lowest BCUT2D eigenvalue weighted by Gasteiger charge is -2.17. The Kier molecular flexibility index (Phi) is 25.2. The van der Waals surface area contributed by atoms with Gasteiger partial charge in [-0.05, 0) is 103 Å². The molecule has 0 spiro atoms. The van der Waals surface area contributed by atoms with Crippen molar-refractivity contribution in [2.45, 2.75) is 183 Å². The number of ether oxygens (including phenoxy) is 8. The maximum atomic E-state index is 13.5. The van der Waals surface area contributed by atoms with E-state index in [9.17, 15) is 28.8 Å². The van der Waals surface area contributed by atoms with Gasteiger partial charge in [-0.2, -0.15) is 0 Å². The molecule has 2 aromatic rings. The number of carbonyl (C=O) groups is 6. The average molecular weight is 875 g/mol. The third-order valence-electron chi connectivity index (χ3n) is 9.39.